The molecule has 122 valence electrons. The van der Waals surface area contributed by atoms with E-state index in [4.69, 9.17) is 10.2 Å². The Morgan fingerprint density at radius 3 is 2.48 bits per heavy atom. The normalized spacial score (nSPS) is 17.3. The zero-order valence-corrected chi connectivity index (χ0v) is 14.4. The van der Waals surface area contributed by atoms with Gasteiger partial charge in [-0.25, -0.2) is 0 Å². The molecule has 0 radical (unpaired) electrons. The summed E-state index contributed by atoms with van der Waals surface area (Å²) >= 11 is 1.52. The summed E-state index contributed by atoms with van der Waals surface area (Å²) < 4.78 is 5.73. The fourth-order valence-electron chi connectivity index (χ4n) is 2.59. The van der Waals surface area contributed by atoms with Gasteiger partial charge in [0, 0.05) is 23.5 Å². The van der Waals surface area contributed by atoms with Crippen LogP contribution in [0.4, 0.5) is 0 Å². The average molecular weight is 330 g/mol. The van der Waals surface area contributed by atoms with E-state index in [1.807, 2.05) is 17.9 Å². The summed E-state index contributed by atoms with van der Waals surface area (Å²) in [5.74, 6) is 0.358. The fourth-order valence-corrected chi connectivity index (χ4v) is 3.36. The Kier molecular flexibility index (Phi) is 4.50. The van der Waals surface area contributed by atoms with E-state index < -0.39 is 0 Å². The number of carbonyl (C=O) groups is 1. The highest BCUT2D eigenvalue weighted by molar-refractivity contribution is 7.99. The Hall–Kier alpha value is -1.72. The van der Waals surface area contributed by atoms with Gasteiger partial charge in [0.05, 0.1) is 0 Å². The molecule has 0 spiro atoms. The quantitative estimate of drug-likeness (QED) is 0.932. The van der Waals surface area contributed by atoms with Crippen LogP contribution in [-0.2, 0) is 0 Å². The van der Waals surface area contributed by atoms with Crippen molar-refractivity contribution in [2.75, 3.05) is 13.1 Å². The molecule has 1 amide bonds. The van der Waals surface area contributed by atoms with Crippen LogP contribution in [0, 0.1) is 6.92 Å². The maximum Gasteiger partial charge on any atom is 0.289 e. The smallest absolute Gasteiger partial charge is 0.289 e. The van der Waals surface area contributed by atoms with Crippen molar-refractivity contribution in [3.63, 3.8) is 0 Å². The largest absolute Gasteiger partial charge is 0.444 e. The third kappa shape index (κ3) is 3.98. The van der Waals surface area contributed by atoms with E-state index in [2.05, 4.69) is 31.2 Å². The van der Waals surface area contributed by atoms with E-state index >= 15 is 0 Å². The number of rotatable bonds is 3. The molecule has 0 bridgehead atoms. The lowest BCUT2D eigenvalue weighted by molar-refractivity contribution is 0.0643. The standard InChI is InChI=1S/C18H22N2O2S/c1-13-3-5-14(6-4-13)23-16-8-7-15(22-16)17(21)20-11-9-18(2,19)10-12-20/h3-8H,9-12,19H2,1-2H3. The molecular formula is C18H22N2O2S. The number of benzene rings is 1. The first-order valence-corrected chi connectivity index (χ1v) is 8.67. The van der Waals surface area contributed by atoms with E-state index in [0.717, 1.165) is 22.8 Å². The minimum atomic E-state index is -0.160. The van der Waals surface area contributed by atoms with Crippen molar-refractivity contribution in [2.24, 2.45) is 5.73 Å². The topological polar surface area (TPSA) is 59.5 Å². The van der Waals surface area contributed by atoms with Gasteiger partial charge in [-0.2, -0.15) is 0 Å². The number of hydrogen-bond acceptors (Lipinski definition) is 4. The predicted octanol–water partition coefficient (Wildman–Crippen LogP) is 3.69. The van der Waals surface area contributed by atoms with Crippen LogP contribution in [0.15, 0.2) is 50.8 Å². The van der Waals surface area contributed by atoms with Crippen molar-refractivity contribution < 1.29 is 9.21 Å². The third-order valence-corrected chi connectivity index (χ3v) is 5.15. The van der Waals surface area contributed by atoms with Gasteiger partial charge >= 0.3 is 0 Å². The van der Waals surface area contributed by atoms with Crippen LogP contribution in [0.3, 0.4) is 0 Å². The van der Waals surface area contributed by atoms with E-state index in [0.29, 0.717) is 18.8 Å². The molecular weight excluding hydrogens is 308 g/mol. The molecule has 2 aromatic rings. The number of piperidine rings is 1. The molecule has 1 saturated heterocycles. The average Bonchev–Trinajstić information content (AvgIpc) is 2.97. The lowest BCUT2D eigenvalue weighted by Gasteiger charge is -2.36. The monoisotopic (exact) mass is 330 g/mol. The first-order chi connectivity index (χ1) is 10.9. The van der Waals surface area contributed by atoms with Crippen molar-refractivity contribution in [3.8, 4) is 0 Å². The van der Waals surface area contributed by atoms with Crippen molar-refractivity contribution in [2.45, 2.75) is 42.2 Å². The van der Waals surface area contributed by atoms with Crippen LogP contribution in [0.25, 0.3) is 0 Å². The van der Waals surface area contributed by atoms with Gasteiger partial charge in [-0.15, -0.1) is 0 Å². The number of hydrogen-bond donors (Lipinski definition) is 1. The summed E-state index contributed by atoms with van der Waals surface area (Å²) in [4.78, 5) is 15.4. The number of furan rings is 1. The molecule has 0 atom stereocenters. The molecule has 1 aliphatic heterocycles. The molecule has 4 nitrogen and oxygen atoms in total. The second-order valence-electron chi connectivity index (χ2n) is 6.48. The number of amides is 1. The Labute approximate surface area is 141 Å². The molecule has 0 saturated carbocycles. The summed E-state index contributed by atoms with van der Waals surface area (Å²) in [6.45, 7) is 5.47. The van der Waals surface area contributed by atoms with Crippen LogP contribution in [0.2, 0.25) is 0 Å². The zero-order chi connectivity index (χ0) is 16.4. The van der Waals surface area contributed by atoms with Crippen molar-refractivity contribution in [1.82, 2.24) is 4.90 Å². The van der Waals surface area contributed by atoms with Gasteiger partial charge in [0.15, 0.2) is 10.9 Å². The van der Waals surface area contributed by atoms with E-state index in [1.165, 1.54) is 17.3 Å². The Morgan fingerprint density at radius 2 is 1.83 bits per heavy atom. The molecule has 2 heterocycles. The van der Waals surface area contributed by atoms with Gasteiger partial charge in [-0.3, -0.25) is 4.79 Å². The summed E-state index contributed by atoms with van der Waals surface area (Å²) in [7, 11) is 0. The highest BCUT2D eigenvalue weighted by atomic mass is 32.2. The van der Waals surface area contributed by atoms with E-state index in [9.17, 15) is 4.79 Å². The second-order valence-corrected chi connectivity index (χ2v) is 7.56. The highest BCUT2D eigenvalue weighted by Gasteiger charge is 2.29. The van der Waals surface area contributed by atoms with Crippen molar-refractivity contribution >= 4 is 17.7 Å². The molecule has 23 heavy (non-hydrogen) atoms. The SMILES string of the molecule is Cc1ccc(Sc2ccc(C(=O)N3CCC(C)(N)CC3)o2)cc1. The van der Waals surface area contributed by atoms with Crippen LogP contribution in [-0.4, -0.2) is 29.4 Å². The molecule has 0 aliphatic carbocycles. The highest BCUT2D eigenvalue weighted by Crippen LogP contribution is 2.30. The fraction of sp³-hybridized carbons (Fsp3) is 0.389. The van der Waals surface area contributed by atoms with Crippen molar-refractivity contribution in [3.05, 3.63) is 47.7 Å². The second kappa shape index (κ2) is 6.42. The predicted molar refractivity (Wildman–Crippen MR) is 91.7 cm³/mol. The Balaban J connectivity index is 1.64. The Morgan fingerprint density at radius 1 is 1.17 bits per heavy atom. The molecule has 1 aromatic carbocycles. The molecule has 1 aliphatic rings. The van der Waals surface area contributed by atoms with Gasteiger partial charge in [-0.1, -0.05) is 29.5 Å². The maximum atomic E-state index is 12.5. The van der Waals surface area contributed by atoms with Gasteiger partial charge in [-0.05, 0) is 51.0 Å². The minimum absolute atomic E-state index is 0.0451. The molecule has 1 aromatic heterocycles. The van der Waals surface area contributed by atoms with E-state index in [-0.39, 0.29) is 11.4 Å². The van der Waals surface area contributed by atoms with E-state index in [1.54, 1.807) is 6.07 Å². The third-order valence-electron chi connectivity index (χ3n) is 4.22. The molecule has 1 fully saturated rings. The number of nitrogens with zero attached hydrogens (tertiary/aromatic N) is 1. The lowest BCUT2D eigenvalue weighted by Crippen LogP contribution is -2.49. The first-order valence-electron chi connectivity index (χ1n) is 7.85. The van der Waals surface area contributed by atoms with Gasteiger partial charge in [0.2, 0.25) is 0 Å². The first kappa shape index (κ1) is 16.1. The van der Waals surface area contributed by atoms with Crippen molar-refractivity contribution in [1.29, 1.82) is 0 Å². The molecule has 5 heteroatoms. The maximum absolute atomic E-state index is 12.5. The van der Waals surface area contributed by atoms with Crippen LogP contribution in [0.1, 0.15) is 35.9 Å². The number of likely N-dealkylation sites (tertiary alicyclic amines) is 1. The van der Waals surface area contributed by atoms with Crippen LogP contribution < -0.4 is 5.73 Å². The minimum Gasteiger partial charge on any atom is -0.444 e. The molecule has 2 N–H and O–H groups in total. The zero-order valence-electron chi connectivity index (χ0n) is 13.5. The van der Waals surface area contributed by atoms with Gasteiger partial charge < -0.3 is 15.1 Å². The van der Waals surface area contributed by atoms with Gasteiger partial charge in [0.1, 0.15) is 0 Å². The Bertz CT molecular complexity index is 681. The lowest BCUT2D eigenvalue weighted by atomic mass is 9.91. The number of nitrogens with two attached hydrogens (primary N) is 1. The summed E-state index contributed by atoms with van der Waals surface area (Å²) in [6, 6.07) is 11.8. The summed E-state index contributed by atoms with van der Waals surface area (Å²) in [6.07, 6.45) is 1.65. The van der Waals surface area contributed by atoms with Gasteiger partial charge in [0.25, 0.3) is 5.91 Å². The summed E-state index contributed by atoms with van der Waals surface area (Å²) in [5.41, 5.74) is 7.18. The molecule has 3 rings (SSSR count). The number of carbonyl (C=O) groups excluding carboxylic acids is 1. The number of aryl methyl sites for hydroxylation is 1. The van der Waals surface area contributed by atoms with Crippen LogP contribution >= 0.6 is 11.8 Å². The van der Waals surface area contributed by atoms with Crippen LogP contribution in [0.5, 0.6) is 0 Å². The molecule has 0 unspecified atom stereocenters. The summed E-state index contributed by atoms with van der Waals surface area (Å²) in [5, 5.41) is 0.734.